The number of ether oxygens (including phenoxy) is 2. The van der Waals surface area contributed by atoms with Crippen molar-refractivity contribution in [2.75, 3.05) is 7.11 Å². The zero-order chi connectivity index (χ0) is 19.5. The molecule has 0 aliphatic rings. The summed E-state index contributed by atoms with van der Waals surface area (Å²) in [5.74, 6) is 1.12. The van der Waals surface area contributed by atoms with Crippen molar-refractivity contribution in [3.8, 4) is 22.9 Å². The van der Waals surface area contributed by atoms with Gasteiger partial charge in [-0.1, -0.05) is 24.3 Å². The minimum absolute atomic E-state index is 0.180. The van der Waals surface area contributed by atoms with E-state index in [4.69, 9.17) is 9.47 Å². The second-order valence-corrected chi connectivity index (χ2v) is 6.22. The highest BCUT2D eigenvalue weighted by atomic mass is 19.1. The second-order valence-electron chi connectivity index (χ2n) is 6.22. The lowest BCUT2D eigenvalue weighted by Crippen LogP contribution is -2.09. The Hall–Kier alpha value is -3.67. The summed E-state index contributed by atoms with van der Waals surface area (Å²) in [6, 6.07) is 18.6. The van der Waals surface area contributed by atoms with Gasteiger partial charge in [0.25, 0.3) is 5.56 Å². The highest BCUT2D eigenvalue weighted by molar-refractivity contribution is 5.79. The number of hydrogen-bond donors (Lipinski definition) is 1. The lowest BCUT2D eigenvalue weighted by molar-refractivity contribution is 0.284. The molecule has 0 saturated heterocycles. The number of aromatic amines is 1. The maximum Gasteiger partial charge on any atom is 0.259 e. The van der Waals surface area contributed by atoms with Crippen LogP contribution in [-0.4, -0.2) is 17.1 Å². The van der Waals surface area contributed by atoms with Crippen LogP contribution in [0.2, 0.25) is 0 Å². The number of halogens is 1. The van der Waals surface area contributed by atoms with Crippen molar-refractivity contribution in [1.29, 1.82) is 0 Å². The SMILES string of the molecule is COc1ccc(-c2nc3ccccc3c(=O)[nH]2)cc1OCc1cccc(F)c1. The molecule has 0 aliphatic heterocycles. The number of benzene rings is 3. The van der Waals surface area contributed by atoms with Gasteiger partial charge in [0.2, 0.25) is 0 Å². The van der Waals surface area contributed by atoms with E-state index in [1.807, 2.05) is 6.07 Å². The summed E-state index contributed by atoms with van der Waals surface area (Å²) in [4.78, 5) is 19.7. The molecule has 5 nitrogen and oxygen atoms in total. The summed E-state index contributed by atoms with van der Waals surface area (Å²) in [7, 11) is 1.54. The van der Waals surface area contributed by atoms with Gasteiger partial charge < -0.3 is 14.5 Å². The Kier molecular flexibility index (Phi) is 4.76. The number of methoxy groups -OCH3 is 1. The Morgan fingerprint density at radius 3 is 2.68 bits per heavy atom. The molecule has 0 amide bonds. The molecule has 0 aliphatic carbocycles. The first-order valence-corrected chi connectivity index (χ1v) is 8.69. The lowest BCUT2D eigenvalue weighted by atomic mass is 10.1. The van der Waals surface area contributed by atoms with Gasteiger partial charge in [0.15, 0.2) is 11.5 Å². The molecule has 140 valence electrons. The molecule has 1 heterocycles. The fourth-order valence-electron chi connectivity index (χ4n) is 2.95. The van der Waals surface area contributed by atoms with E-state index in [1.54, 1.807) is 55.6 Å². The van der Waals surface area contributed by atoms with Gasteiger partial charge in [0.1, 0.15) is 18.2 Å². The summed E-state index contributed by atoms with van der Waals surface area (Å²) in [5.41, 5.74) is 1.78. The molecule has 1 N–H and O–H groups in total. The van der Waals surface area contributed by atoms with Crippen molar-refractivity contribution >= 4 is 10.9 Å². The summed E-state index contributed by atoms with van der Waals surface area (Å²) >= 11 is 0. The van der Waals surface area contributed by atoms with Crippen LogP contribution in [0, 0.1) is 5.82 Å². The van der Waals surface area contributed by atoms with Crippen molar-refractivity contribution in [2.45, 2.75) is 6.61 Å². The standard InChI is InChI=1S/C22H17FN2O3/c1-27-19-10-9-15(12-20(19)28-13-14-5-4-6-16(23)11-14)21-24-18-8-3-2-7-17(18)22(26)25-21/h2-12H,13H2,1H3,(H,24,25,26). The van der Waals surface area contributed by atoms with Crippen molar-refractivity contribution in [1.82, 2.24) is 9.97 Å². The van der Waals surface area contributed by atoms with E-state index in [0.717, 1.165) is 0 Å². The molecule has 4 rings (SSSR count). The van der Waals surface area contributed by atoms with E-state index in [1.165, 1.54) is 12.1 Å². The van der Waals surface area contributed by atoms with E-state index in [0.29, 0.717) is 39.4 Å². The van der Waals surface area contributed by atoms with E-state index in [2.05, 4.69) is 9.97 Å². The number of H-pyrrole nitrogens is 1. The number of para-hydroxylation sites is 1. The zero-order valence-electron chi connectivity index (χ0n) is 15.1. The summed E-state index contributed by atoms with van der Waals surface area (Å²) in [6.45, 7) is 0.180. The first-order chi connectivity index (χ1) is 13.6. The maximum absolute atomic E-state index is 13.4. The number of aromatic nitrogens is 2. The first-order valence-electron chi connectivity index (χ1n) is 8.69. The summed E-state index contributed by atoms with van der Waals surface area (Å²) < 4.78 is 24.6. The number of hydrogen-bond acceptors (Lipinski definition) is 4. The van der Waals surface area contributed by atoms with Crippen LogP contribution in [0.4, 0.5) is 4.39 Å². The van der Waals surface area contributed by atoms with Crippen molar-refractivity contribution in [2.24, 2.45) is 0 Å². The topological polar surface area (TPSA) is 64.2 Å². The van der Waals surface area contributed by atoms with Crippen LogP contribution in [0.3, 0.4) is 0 Å². The molecule has 4 aromatic rings. The van der Waals surface area contributed by atoms with Crippen LogP contribution in [0.1, 0.15) is 5.56 Å². The van der Waals surface area contributed by atoms with Crippen LogP contribution in [-0.2, 0) is 6.61 Å². The van der Waals surface area contributed by atoms with Gasteiger partial charge in [-0.05, 0) is 48.0 Å². The number of rotatable bonds is 5. The lowest BCUT2D eigenvalue weighted by Gasteiger charge is -2.12. The molecule has 6 heteroatoms. The molecule has 1 aromatic heterocycles. The highest BCUT2D eigenvalue weighted by Gasteiger charge is 2.11. The monoisotopic (exact) mass is 376 g/mol. The minimum atomic E-state index is -0.320. The van der Waals surface area contributed by atoms with E-state index in [-0.39, 0.29) is 18.0 Å². The van der Waals surface area contributed by atoms with Crippen LogP contribution in [0.15, 0.2) is 71.5 Å². The normalized spacial score (nSPS) is 10.8. The molecule has 0 atom stereocenters. The third kappa shape index (κ3) is 3.57. The predicted molar refractivity (Wildman–Crippen MR) is 105 cm³/mol. The van der Waals surface area contributed by atoms with Gasteiger partial charge >= 0.3 is 0 Å². The Labute approximate surface area is 160 Å². The van der Waals surface area contributed by atoms with Crippen LogP contribution < -0.4 is 15.0 Å². The number of fused-ring (bicyclic) bond motifs is 1. The van der Waals surface area contributed by atoms with E-state index in [9.17, 15) is 9.18 Å². The molecule has 0 bridgehead atoms. The Balaban J connectivity index is 1.69. The smallest absolute Gasteiger partial charge is 0.259 e. The highest BCUT2D eigenvalue weighted by Crippen LogP contribution is 2.32. The van der Waals surface area contributed by atoms with Crippen LogP contribution in [0.25, 0.3) is 22.3 Å². The van der Waals surface area contributed by atoms with Crippen molar-refractivity contribution in [3.05, 3.63) is 88.5 Å². The average Bonchev–Trinajstić information content (AvgIpc) is 2.72. The molecule has 0 saturated carbocycles. The molecule has 0 unspecified atom stereocenters. The average molecular weight is 376 g/mol. The molecule has 0 spiro atoms. The Bertz CT molecular complexity index is 1200. The predicted octanol–water partition coefficient (Wildman–Crippen LogP) is 4.32. The van der Waals surface area contributed by atoms with Gasteiger partial charge in [-0.3, -0.25) is 4.79 Å². The Morgan fingerprint density at radius 1 is 1.00 bits per heavy atom. The molecular formula is C22H17FN2O3. The van der Waals surface area contributed by atoms with Crippen LogP contribution in [0.5, 0.6) is 11.5 Å². The first kappa shape index (κ1) is 17.7. The van der Waals surface area contributed by atoms with Gasteiger partial charge in [0.05, 0.1) is 18.0 Å². The van der Waals surface area contributed by atoms with Gasteiger partial charge in [-0.25, -0.2) is 9.37 Å². The molecule has 3 aromatic carbocycles. The van der Waals surface area contributed by atoms with Gasteiger partial charge in [0, 0.05) is 5.56 Å². The van der Waals surface area contributed by atoms with Crippen molar-refractivity contribution < 1.29 is 13.9 Å². The third-order valence-corrected chi connectivity index (χ3v) is 4.33. The van der Waals surface area contributed by atoms with Gasteiger partial charge in [-0.15, -0.1) is 0 Å². The maximum atomic E-state index is 13.4. The quantitative estimate of drug-likeness (QED) is 0.564. The van der Waals surface area contributed by atoms with E-state index < -0.39 is 0 Å². The molecule has 0 fully saturated rings. The zero-order valence-corrected chi connectivity index (χ0v) is 15.1. The number of nitrogens with zero attached hydrogens (tertiary/aromatic N) is 1. The second kappa shape index (κ2) is 7.52. The molecule has 0 radical (unpaired) electrons. The summed E-state index contributed by atoms with van der Waals surface area (Å²) in [5, 5.41) is 0.530. The fraction of sp³-hybridized carbons (Fsp3) is 0.0909. The molecular weight excluding hydrogens is 359 g/mol. The summed E-state index contributed by atoms with van der Waals surface area (Å²) in [6.07, 6.45) is 0. The van der Waals surface area contributed by atoms with Crippen molar-refractivity contribution in [3.63, 3.8) is 0 Å². The van der Waals surface area contributed by atoms with Gasteiger partial charge in [-0.2, -0.15) is 0 Å². The van der Waals surface area contributed by atoms with Crippen LogP contribution >= 0.6 is 0 Å². The van der Waals surface area contributed by atoms with E-state index >= 15 is 0 Å². The molecule has 28 heavy (non-hydrogen) atoms. The fourth-order valence-corrected chi connectivity index (χ4v) is 2.95. The Morgan fingerprint density at radius 2 is 1.86 bits per heavy atom. The number of nitrogens with one attached hydrogen (secondary N) is 1. The largest absolute Gasteiger partial charge is 0.493 e. The minimum Gasteiger partial charge on any atom is -0.493 e. The third-order valence-electron chi connectivity index (χ3n) is 4.33.